The zero-order valence-corrected chi connectivity index (χ0v) is 18.8. The second-order valence-corrected chi connectivity index (χ2v) is 9.41. The number of rotatable bonds is 1. The van der Waals surface area contributed by atoms with Crippen LogP contribution in [0.5, 0.6) is 0 Å². The number of aromatic nitrogens is 3. The molecule has 0 aliphatic carbocycles. The summed E-state index contributed by atoms with van der Waals surface area (Å²) in [5, 5.41) is 7.86. The van der Waals surface area contributed by atoms with Crippen molar-refractivity contribution in [2.75, 3.05) is 0 Å². The van der Waals surface area contributed by atoms with Crippen LogP contribution in [0.25, 0.3) is 59.9 Å². The summed E-state index contributed by atoms with van der Waals surface area (Å²) < 4.78 is 4.71. The monoisotopic (exact) mass is 414 g/mol. The molecular weight excluding hydrogens is 390 g/mol. The van der Waals surface area contributed by atoms with E-state index in [1.165, 1.54) is 65.5 Å². The maximum Gasteiger partial charge on any atom is 0.287 e. The average molecular weight is 415 g/mol. The summed E-state index contributed by atoms with van der Waals surface area (Å²) in [5.41, 5.74) is 8.88. The summed E-state index contributed by atoms with van der Waals surface area (Å²) in [6.45, 7) is 6.84. The molecule has 0 bridgehead atoms. The van der Waals surface area contributed by atoms with E-state index in [-0.39, 0.29) is 0 Å². The molecule has 32 heavy (non-hydrogen) atoms. The van der Waals surface area contributed by atoms with Crippen LogP contribution in [0.3, 0.4) is 0 Å². The van der Waals surface area contributed by atoms with Crippen molar-refractivity contribution in [3.05, 3.63) is 78.1 Å². The molecule has 0 fully saturated rings. The third-order valence-corrected chi connectivity index (χ3v) is 7.30. The molecule has 0 aliphatic rings. The van der Waals surface area contributed by atoms with Gasteiger partial charge >= 0.3 is 0 Å². The molecule has 7 aromatic rings. The van der Waals surface area contributed by atoms with Crippen LogP contribution in [0.4, 0.5) is 0 Å². The van der Waals surface area contributed by atoms with E-state index < -0.39 is 0 Å². The molecule has 4 aromatic carbocycles. The standard InChI is InChI=1S/C29H24N3/c1-16(2)21-14-22-27-28(31(4)15-30-22)25-17(3)19-10-6-5-9-18(19)13-24(25)32-23-12-8-7-11-20(23)26(21)29(27)32/h5-16H,1-4H3/q+1. The van der Waals surface area contributed by atoms with Gasteiger partial charge in [-0.2, -0.15) is 0 Å². The van der Waals surface area contributed by atoms with Crippen LogP contribution in [0.15, 0.2) is 67.0 Å². The van der Waals surface area contributed by atoms with E-state index in [9.17, 15) is 0 Å². The first-order chi connectivity index (χ1) is 15.6. The second-order valence-electron chi connectivity index (χ2n) is 9.41. The smallest absolute Gasteiger partial charge is 0.287 e. The van der Waals surface area contributed by atoms with E-state index in [1.807, 2.05) is 6.33 Å². The van der Waals surface area contributed by atoms with Crippen LogP contribution in [0, 0.1) is 6.92 Å². The number of aryl methyl sites for hydroxylation is 2. The molecule has 0 atom stereocenters. The van der Waals surface area contributed by atoms with Gasteiger partial charge in [-0.05, 0) is 57.9 Å². The van der Waals surface area contributed by atoms with Gasteiger partial charge in [-0.1, -0.05) is 56.3 Å². The Labute approximate surface area is 185 Å². The van der Waals surface area contributed by atoms with Crippen LogP contribution >= 0.6 is 0 Å². The van der Waals surface area contributed by atoms with Crippen molar-refractivity contribution in [2.45, 2.75) is 26.7 Å². The van der Waals surface area contributed by atoms with Gasteiger partial charge in [0.25, 0.3) is 6.33 Å². The van der Waals surface area contributed by atoms with Crippen LogP contribution < -0.4 is 4.57 Å². The van der Waals surface area contributed by atoms with Crippen molar-refractivity contribution in [2.24, 2.45) is 7.05 Å². The summed E-state index contributed by atoms with van der Waals surface area (Å²) in [6, 6.07) is 22.3. The fourth-order valence-electron chi connectivity index (χ4n) is 5.89. The van der Waals surface area contributed by atoms with Crippen molar-refractivity contribution in [3.63, 3.8) is 0 Å². The lowest BCUT2D eigenvalue weighted by Crippen LogP contribution is -2.30. The number of para-hydroxylation sites is 1. The van der Waals surface area contributed by atoms with Crippen molar-refractivity contribution >= 4 is 59.9 Å². The summed E-state index contributed by atoms with van der Waals surface area (Å²) >= 11 is 0. The predicted molar refractivity (Wildman–Crippen MR) is 134 cm³/mol. The topological polar surface area (TPSA) is 21.2 Å². The first-order valence-corrected chi connectivity index (χ1v) is 11.3. The first-order valence-electron chi connectivity index (χ1n) is 11.3. The van der Waals surface area contributed by atoms with E-state index in [2.05, 4.69) is 97.5 Å². The highest BCUT2D eigenvalue weighted by molar-refractivity contribution is 6.28. The second kappa shape index (κ2) is 5.95. The minimum atomic E-state index is 0.414. The molecule has 7 rings (SSSR count). The predicted octanol–water partition coefficient (Wildman–Crippen LogP) is 6.79. The number of hydrogen-bond donors (Lipinski definition) is 0. The summed E-state index contributed by atoms with van der Waals surface area (Å²) in [5.74, 6) is 0.414. The first kappa shape index (κ1) is 17.9. The zero-order valence-electron chi connectivity index (χ0n) is 18.8. The van der Waals surface area contributed by atoms with Gasteiger partial charge in [0.2, 0.25) is 0 Å². The Morgan fingerprint density at radius 2 is 1.59 bits per heavy atom. The molecule has 3 aromatic heterocycles. The van der Waals surface area contributed by atoms with Gasteiger partial charge in [0, 0.05) is 16.2 Å². The Morgan fingerprint density at radius 3 is 2.41 bits per heavy atom. The van der Waals surface area contributed by atoms with Crippen LogP contribution in [-0.2, 0) is 7.05 Å². The number of fused-ring (bicyclic) bond motifs is 7. The van der Waals surface area contributed by atoms with Crippen LogP contribution in [0.1, 0.15) is 30.9 Å². The van der Waals surface area contributed by atoms with Crippen molar-refractivity contribution in [1.82, 2.24) is 9.38 Å². The lowest BCUT2D eigenvalue weighted by Gasteiger charge is -2.16. The van der Waals surface area contributed by atoms with E-state index >= 15 is 0 Å². The van der Waals surface area contributed by atoms with Crippen LogP contribution in [0.2, 0.25) is 0 Å². The molecule has 3 heterocycles. The SMILES string of the molecule is Cc1c2ccccc2cc2c1c1c3c(cc(C(C)C)c4c5ccccc5n2c43)nc[n+]1C. The minimum Gasteiger partial charge on any atom is -0.307 e. The average Bonchev–Trinajstić information content (AvgIpc) is 3.15. The molecule has 0 aliphatic heterocycles. The van der Waals surface area contributed by atoms with Gasteiger partial charge in [-0.15, -0.1) is 0 Å². The van der Waals surface area contributed by atoms with Gasteiger partial charge in [-0.25, -0.2) is 4.57 Å². The number of pyridine rings is 1. The molecule has 0 spiro atoms. The van der Waals surface area contributed by atoms with Gasteiger partial charge in [-0.3, -0.25) is 0 Å². The van der Waals surface area contributed by atoms with Gasteiger partial charge < -0.3 is 4.40 Å². The Balaban J connectivity index is 1.97. The minimum absolute atomic E-state index is 0.414. The summed E-state index contributed by atoms with van der Waals surface area (Å²) in [4.78, 5) is 4.89. The van der Waals surface area contributed by atoms with E-state index in [4.69, 9.17) is 4.98 Å². The van der Waals surface area contributed by atoms with Crippen molar-refractivity contribution < 1.29 is 4.57 Å². The number of benzene rings is 4. The lowest BCUT2D eigenvalue weighted by molar-refractivity contribution is -0.646. The fourth-order valence-corrected chi connectivity index (χ4v) is 5.89. The summed E-state index contributed by atoms with van der Waals surface area (Å²) in [7, 11) is 2.13. The molecule has 3 heteroatoms. The Bertz CT molecular complexity index is 1870. The Hall–Kier alpha value is -3.72. The van der Waals surface area contributed by atoms with Crippen molar-refractivity contribution in [3.8, 4) is 0 Å². The van der Waals surface area contributed by atoms with Gasteiger partial charge in [0.15, 0.2) is 5.52 Å². The molecular formula is C29H24N3+. The highest BCUT2D eigenvalue weighted by atomic mass is 15.0. The molecule has 3 nitrogen and oxygen atoms in total. The maximum atomic E-state index is 4.89. The Kier molecular flexibility index (Phi) is 3.33. The Morgan fingerprint density at radius 1 is 0.844 bits per heavy atom. The molecule has 0 amide bonds. The van der Waals surface area contributed by atoms with Gasteiger partial charge in [0.1, 0.15) is 5.52 Å². The largest absolute Gasteiger partial charge is 0.307 e. The molecule has 0 unspecified atom stereocenters. The molecule has 0 radical (unpaired) electrons. The number of nitrogens with zero attached hydrogens (tertiary/aromatic N) is 3. The normalized spacial score (nSPS) is 12.7. The zero-order chi connectivity index (χ0) is 21.7. The molecule has 0 saturated carbocycles. The fraction of sp³-hybridized carbons (Fsp3) is 0.172. The van der Waals surface area contributed by atoms with Crippen LogP contribution in [-0.4, -0.2) is 9.38 Å². The highest BCUT2D eigenvalue weighted by Gasteiger charge is 2.27. The summed E-state index contributed by atoms with van der Waals surface area (Å²) in [6.07, 6.45) is 1.98. The lowest BCUT2D eigenvalue weighted by atomic mass is 9.92. The van der Waals surface area contributed by atoms with E-state index in [0.29, 0.717) is 5.92 Å². The van der Waals surface area contributed by atoms with Gasteiger partial charge in [0.05, 0.1) is 29.0 Å². The van der Waals surface area contributed by atoms with E-state index in [0.717, 1.165) is 5.52 Å². The maximum absolute atomic E-state index is 4.89. The third-order valence-electron chi connectivity index (χ3n) is 7.30. The molecule has 0 saturated heterocycles. The quantitative estimate of drug-likeness (QED) is 0.164. The van der Waals surface area contributed by atoms with E-state index in [1.54, 1.807) is 0 Å². The molecule has 0 N–H and O–H groups in total. The number of hydrogen-bond acceptors (Lipinski definition) is 1. The molecule has 154 valence electrons. The third kappa shape index (κ3) is 2.02. The van der Waals surface area contributed by atoms with Crippen molar-refractivity contribution in [1.29, 1.82) is 0 Å². The highest BCUT2D eigenvalue weighted by Crippen LogP contribution is 2.44.